The van der Waals surface area contributed by atoms with Crippen LogP contribution in [-0.2, 0) is 25.7 Å². The molecule has 0 saturated heterocycles. The molecule has 0 unspecified atom stereocenters. The molecule has 0 bridgehead atoms. The Morgan fingerprint density at radius 3 is 1.03 bits per heavy atom. The van der Waals surface area contributed by atoms with Crippen molar-refractivity contribution in [1.29, 1.82) is 0 Å². The Bertz CT molecular complexity index is 3360. The zero-order valence-electron chi connectivity index (χ0n) is 35.5. The van der Waals surface area contributed by atoms with Crippen molar-refractivity contribution in [3.05, 3.63) is 241 Å². The van der Waals surface area contributed by atoms with Crippen molar-refractivity contribution in [3.63, 3.8) is 0 Å². The van der Waals surface area contributed by atoms with Crippen molar-refractivity contribution in [1.82, 2.24) is 0 Å². The average Bonchev–Trinajstić information content (AvgIpc) is 3.63. The van der Waals surface area contributed by atoms with E-state index in [4.69, 9.17) is 0 Å². The minimum Gasteiger partial charge on any atom is -0.310 e. The van der Waals surface area contributed by atoms with E-state index in [1.165, 1.54) is 122 Å². The first-order valence-electron chi connectivity index (χ1n) is 22.7. The Morgan fingerprint density at radius 2 is 0.594 bits per heavy atom. The van der Waals surface area contributed by atoms with E-state index >= 15 is 0 Å². The number of fused-ring (bicyclic) bond motifs is 8. The molecule has 0 aromatic heterocycles. The molecule has 0 fully saturated rings. The summed E-state index contributed by atoms with van der Waals surface area (Å²) in [5.74, 6) is 0. The highest BCUT2D eigenvalue weighted by molar-refractivity contribution is 6.21. The number of para-hydroxylation sites is 2. The first kappa shape index (κ1) is 36.7. The smallest absolute Gasteiger partial charge is 0.0494 e. The minimum atomic E-state index is 0.966. The van der Waals surface area contributed by atoms with Gasteiger partial charge in [0.2, 0.25) is 0 Å². The minimum absolute atomic E-state index is 0.966. The quantitative estimate of drug-likeness (QED) is 0.163. The van der Waals surface area contributed by atoms with Crippen molar-refractivity contribution in [2.45, 2.75) is 25.7 Å². The van der Waals surface area contributed by atoms with Crippen LogP contribution in [0.15, 0.2) is 218 Å². The fraction of sp³-hybridized carbons (Fsp3) is 0.0645. The van der Waals surface area contributed by atoms with Crippen LogP contribution in [0.1, 0.15) is 22.3 Å². The third-order valence-corrected chi connectivity index (χ3v) is 13.9. The molecule has 0 aliphatic carbocycles. The van der Waals surface area contributed by atoms with E-state index in [0.717, 1.165) is 25.7 Å². The molecule has 0 spiro atoms. The van der Waals surface area contributed by atoms with E-state index in [9.17, 15) is 0 Å². The second-order valence-corrected chi connectivity index (χ2v) is 17.5. The van der Waals surface area contributed by atoms with Crippen LogP contribution >= 0.6 is 0 Å². The van der Waals surface area contributed by atoms with Crippen molar-refractivity contribution >= 4 is 77.2 Å². The predicted octanol–water partition coefficient (Wildman–Crippen LogP) is 16.8. The van der Waals surface area contributed by atoms with Gasteiger partial charge in [-0.15, -0.1) is 0 Å². The van der Waals surface area contributed by atoms with Crippen LogP contribution in [-0.4, -0.2) is 0 Å². The van der Waals surface area contributed by atoms with Crippen molar-refractivity contribution < 1.29 is 0 Å². The maximum Gasteiger partial charge on any atom is 0.0494 e. The number of hydrogen-bond donors (Lipinski definition) is 0. The highest BCUT2D eigenvalue weighted by Gasteiger charge is 2.26. The lowest BCUT2D eigenvalue weighted by molar-refractivity contribution is 0.978. The van der Waals surface area contributed by atoms with Crippen molar-refractivity contribution in [3.8, 4) is 22.3 Å². The number of rotatable bonds is 4. The summed E-state index contributed by atoms with van der Waals surface area (Å²) in [6, 6.07) is 81.7. The summed E-state index contributed by atoms with van der Waals surface area (Å²) in [5.41, 5.74) is 18.0. The topological polar surface area (TPSA) is 6.48 Å². The van der Waals surface area contributed by atoms with Gasteiger partial charge in [-0.3, -0.25) is 0 Å². The molecule has 2 aliphatic rings. The molecule has 13 rings (SSSR count). The second kappa shape index (κ2) is 14.9. The first-order valence-corrected chi connectivity index (χ1v) is 22.7. The second-order valence-electron chi connectivity index (χ2n) is 17.5. The lowest BCUT2D eigenvalue weighted by Gasteiger charge is -2.28. The molecule has 2 nitrogen and oxygen atoms in total. The third kappa shape index (κ3) is 5.94. The summed E-state index contributed by atoms with van der Waals surface area (Å²) < 4.78 is 0. The van der Waals surface area contributed by atoms with Crippen LogP contribution in [0.25, 0.3) is 65.3 Å². The van der Waals surface area contributed by atoms with Gasteiger partial charge < -0.3 is 9.80 Å². The molecule has 2 aliphatic heterocycles. The van der Waals surface area contributed by atoms with Gasteiger partial charge in [0.15, 0.2) is 0 Å². The van der Waals surface area contributed by atoms with Crippen molar-refractivity contribution in [2.24, 2.45) is 0 Å². The van der Waals surface area contributed by atoms with Gasteiger partial charge in [-0.2, -0.15) is 0 Å². The maximum atomic E-state index is 2.49. The highest BCUT2D eigenvalue weighted by Crippen LogP contribution is 2.49. The van der Waals surface area contributed by atoms with E-state index in [0.29, 0.717) is 0 Å². The third-order valence-electron chi connectivity index (χ3n) is 13.9. The van der Waals surface area contributed by atoms with E-state index in [-0.39, 0.29) is 0 Å². The van der Waals surface area contributed by atoms with Crippen LogP contribution in [0.5, 0.6) is 0 Å². The molecule has 0 atom stereocenters. The standard InChI is InChI=1S/C62H44N2/c1-3-17-45-39-51(33-29-41(45)13-1)63-57-23-11-5-15-43(57)25-27-47-37-49(31-35-59(47)63)61-53-19-7-9-21-55(53)62(56-22-10-8-20-54(56)61)50-32-36-60-48(38-50)28-26-44-16-6-12-24-58(44)64(60)52-34-30-42-14-2-4-18-46(42)40-52/h1-24,29-40H,25-28H2. The van der Waals surface area contributed by atoms with Gasteiger partial charge in [0, 0.05) is 34.1 Å². The number of aryl methyl sites for hydroxylation is 4. The van der Waals surface area contributed by atoms with Gasteiger partial charge in [0.25, 0.3) is 0 Å². The summed E-state index contributed by atoms with van der Waals surface area (Å²) in [4.78, 5) is 4.98. The summed E-state index contributed by atoms with van der Waals surface area (Å²) in [6.45, 7) is 0. The van der Waals surface area contributed by atoms with E-state index < -0.39 is 0 Å². The molecule has 11 aromatic carbocycles. The fourth-order valence-corrected chi connectivity index (χ4v) is 10.9. The molecule has 64 heavy (non-hydrogen) atoms. The fourth-order valence-electron chi connectivity index (χ4n) is 10.9. The number of hydrogen-bond acceptors (Lipinski definition) is 2. The molecule has 2 heterocycles. The lowest BCUT2D eigenvalue weighted by Crippen LogP contribution is -2.11. The van der Waals surface area contributed by atoms with Crippen molar-refractivity contribution in [2.75, 3.05) is 9.80 Å². The Hall–Kier alpha value is -7.94. The molecule has 11 aromatic rings. The Balaban J connectivity index is 0.969. The highest BCUT2D eigenvalue weighted by atomic mass is 15.2. The van der Waals surface area contributed by atoms with Crippen LogP contribution in [0.4, 0.5) is 34.1 Å². The maximum absolute atomic E-state index is 2.49. The van der Waals surface area contributed by atoms with E-state index in [1.54, 1.807) is 0 Å². The summed E-state index contributed by atoms with van der Waals surface area (Å²) in [5, 5.41) is 10.1. The van der Waals surface area contributed by atoms with Crippen LogP contribution in [0.3, 0.4) is 0 Å². The SMILES string of the molecule is c1ccc2c(c1)CCc1cc(-c3c4ccccc4c(-c4ccc5c(c4)CCc4ccccc4N5c4ccc5ccccc5c4)c4ccccc34)ccc1N2c1ccc2ccccc2c1. The number of anilines is 6. The summed E-state index contributed by atoms with van der Waals surface area (Å²) in [6.07, 6.45) is 3.90. The lowest BCUT2D eigenvalue weighted by atomic mass is 9.85. The molecular weight excluding hydrogens is 773 g/mol. The summed E-state index contributed by atoms with van der Waals surface area (Å²) >= 11 is 0. The number of benzene rings is 11. The molecule has 2 heteroatoms. The Morgan fingerprint density at radius 1 is 0.250 bits per heavy atom. The van der Waals surface area contributed by atoms with Gasteiger partial charge >= 0.3 is 0 Å². The van der Waals surface area contributed by atoms with E-state index in [1.807, 2.05) is 0 Å². The van der Waals surface area contributed by atoms with Crippen LogP contribution < -0.4 is 9.80 Å². The van der Waals surface area contributed by atoms with Crippen LogP contribution in [0.2, 0.25) is 0 Å². The molecule has 0 saturated carbocycles. The van der Waals surface area contributed by atoms with Gasteiger partial charge in [0.05, 0.1) is 0 Å². The van der Waals surface area contributed by atoms with Gasteiger partial charge in [-0.1, -0.05) is 158 Å². The van der Waals surface area contributed by atoms with Gasteiger partial charge in [-0.25, -0.2) is 0 Å². The monoisotopic (exact) mass is 816 g/mol. The molecule has 302 valence electrons. The van der Waals surface area contributed by atoms with E-state index in [2.05, 4.69) is 228 Å². The van der Waals surface area contributed by atoms with Crippen LogP contribution in [0, 0.1) is 0 Å². The largest absolute Gasteiger partial charge is 0.310 e. The molecule has 0 radical (unpaired) electrons. The molecule has 0 amide bonds. The molecular formula is C62H44N2. The zero-order valence-corrected chi connectivity index (χ0v) is 35.5. The average molecular weight is 817 g/mol. The molecule has 0 N–H and O–H groups in total. The Labute approximate surface area is 373 Å². The normalized spacial score (nSPS) is 13.3. The van der Waals surface area contributed by atoms with Gasteiger partial charge in [-0.05, 0) is 174 Å². The Kier molecular flexibility index (Phi) is 8.52. The number of nitrogens with zero attached hydrogens (tertiary/aromatic N) is 2. The van der Waals surface area contributed by atoms with Gasteiger partial charge in [0.1, 0.15) is 0 Å². The predicted molar refractivity (Wildman–Crippen MR) is 272 cm³/mol. The first-order chi connectivity index (χ1) is 31.7. The summed E-state index contributed by atoms with van der Waals surface area (Å²) in [7, 11) is 0. The zero-order chi connectivity index (χ0) is 42.1.